The molecule has 1 aromatic heterocycles. The smallest absolute Gasteiger partial charge is 0.264 e. The molecule has 7 nitrogen and oxygen atoms in total. The van der Waals surface area contributed by atoms with Crippen molar-refractivity contribution < 1.29 is 13.2 Å². The van der Waals surface area contributed by atoms with E-state index in [1.54, 1.807) is 36.4 Å². The van der Waals surface area contributed by atoms with E-state index in [4.69, 9.17) is 4.74 Å². The highest BCUT2D eigenvalue weighted by atomic mass is 32.2. The SMILES string of the molecule is Cc1cc(C#N)ccc1N(CC(C)C)S(=O)(=O)c1ccc2nn(CC3CCOCC3)cc2c1. The Hall–Kier alpha value is -2.89. The highest BCUT2D eigenvalue weighted by molar-refractivity contribution is 7.92. The Kier molecular flexibility index (Phi) is 6.73. The molecule has 0 aliphatic carbocycles. The number of fused-ring (bicyclic) bond motifs is 1. The Bertz CT molecular complexity index is 1280. The summed E-state index contributed by atoms with van der Waals surface area (Å²) in [5.74, 6) is 0.651. The second kappa shape index (κ2) is 9.54. The van der Waals surface area contributed by atoms with Crippen molar-refractivity contribution in [3.8, 4) is 6.07 Å². The van der Waals surface area contributed by atoms with Gasteiger partial charge in [0, 0.05) is 37.9 Å². The largest absolute Gasteiger partial charge is 0.381 e. The highest BCUT2D eigenvalue weighted by Crippen LogP contribution is 2.30. The summed E-state index contributed by atoms with van der Waals surface area (Å²) < 4.78 is 36.3. The molecule has 0 amide bonds. The summed E-state index contributed by atoms with van der Waals surface area (Å²) >= 11 is 0. The van der Waals surface area contributed by atoms with Crippen molar-refractivity contribution in [2.24, 2.45) is 11.8 Å². The van der Waals surface area contributed by atoms with E-state index in [9.17, 15) is 13.7 Å². The number of hydrogen-bond acceptors (Lipinski definition) is 5. The molecule has 8 heteroatoms. The Morgan fingerprint density at radius 1 is 1.21 bits per heavy atom. The summed E-state index contributed by atoms with van der Waals surface area (Å²) in [7, 11) is -3.80. The van der Waals surface area contributed by atoms with E-state index >= 15 is 0 Å². The Balaban J connectivity index is 1.68. The van der Waals surface area contributed by atoms with Gasteiger partial charge < -0.3 is 4.74 Å². The number of rotatable bonds is 7. The van der Waals surface area contributed by atoms with E-state index in [2.05, 4.69) is 11.2 Å². The molecule has 0 unspecified atom stereocenters. The topological polar surface area (TPSA) is 88.2 Å². The fourth-order valence-corrected chi connectivity index (χ4v) is 6.02. The van der Waals surface area contributed by atoms with Gasteiger partial charge in [-0.1, -0.05) is 13.8 Å². The first-order chi connectivity index (χ1) is 15.8. The monoisotopic (exact) mass is 466 g/mol. The standard InChI is InChI=1S/C25H30N4O3S/c1-18(2)15-29(25-7-4-21(14-26)12-19(25)3)33(30,31)23-5-6-24-22(13-23)17-28(27-24)16-20-8-10-32-11-9-20/h4-7,12-13,17-18,20H,8-11,15-16H2,1-3H3. The molecule has 1 fully saturated rings. The van der Waals surface area contributed by atoms with Crippen LogP contribution in [0.4, 0.5) is 5.69 Å². The van der Waals surface area contributed by atoms with Crippen LogP contribution in [0.2, 0.25) is 0 Å². The van der Waals surface area contributed by atoms with Gasteiger partial charge in [0.15, 0.2) is 0 Å². The van der Waals surface area contributed by atoms with Gasteiger partial charge in [-0.25, -0.2) is 8.42 Å². The molecular formula is C25H30N4O3S. The van der Waals surface area contributed by atoms with Crippen molar-refractivity contribution >= 4 is 26.6 Å². The molecule has 0 spiro atoms. The van der Waals surface area contributed by atoms with Crippen LogP contribution in [0, 0.1) is 30.1 Å². The third-order valence-electron chi connectivity index (χ3n) is 6.02. The van der Waals surface area contributed by atoms with Crippen molar-refractivity contribution in [3.05, 3.63) is 53.7 Å². The van der Waals surface area contributed by atoms with Gasteiger partial charge in [0.25, 0.3) is 10.0 Å². The number of aryl methyl sites for hydroxylation is 1. The van der Waals surface area contributed by atoms with E-state index in [0.29, 0.717) is 23.7 Å². The average molecular weight is 467 g/mol. The van der Waals surface area contributed by atoms with Crippen LogP contribution in [0.1, 0.15) is 37.8 Å². The fourth-order valence-electron chi connectivity index (χ4n) is 4.29. The number of hydrogen-bond donors (Lipinski definition) is 0. The molecule has 0 radical (unpaired) electrons. The number of benzene rings is 2. The number of nitriles is 1. The lowest BCUT2D eigenvalue weighted by Gasteiger charge is -2.27. The lowest BCUT2D eigenvalue weighted by molar-refractivity contribution is 0.0602. The minimum Gasteiger partial charge on any atom is -0.381 e. The van der Waals surface area contributed by atoms with Gasteiger partial charge in [-0.2, -0.15) is 10.4 Å². The second-order valence-corrected chi connectivity index (χ2v) is 11.0. The third kappa shape index (κ3) is 5.05. The van der Waals surface area contributed by atoms with Gasteiger partial charge in [-0.3, -0.25) is 8.99 Å². The molecule has 1 saturated heterocycles. The number of sulfonamides is 1. The van der Waals surface area contributed by atoms with Gasteiger partial charge >= 0.3 is 0 Å². The maximum Gasteiger partial charge on any atom is 0.264 e. The van der Waals surface area contributed by atoms with Crippen LogP contribution in [0.5, 0.6) is 0 Å². The van der Waals surface area contributed by atoms with Crippen molar-refractivity contribution in [1.29, 1.82) is 5.26 Å². The summed E-state index contributed by atoms with van der Waals surface area (Å²) in [5.41, 5.74) is 2.64. The highest BCUT2D eigenvalue weighted by Gasteiger charge is 2.27. The molecule has 2 heterocycles. The summed E-state index contributed by atoms with van der Waals surface area (Å²) in [4.78, 5) is 0.241. The van der Waals surface area contributed by atoms with E-state index in [-0.39, 0.29) is 10.8 Å². The number of aromatic nitrogens is 2. The first-order valence-electron chi connectivity index (χ1n) is 11.4. The van der Waals surface area contributed by atoms with E-state index in [1.165, 1.54) is 4.31 Å². The minimum atomic E-state index is -3.80. The van der Waals surface area contributed by atoms with Gasteiger partial charge in [0.2, 0.25) is 0 Å². The molecule has 0 N–H and O–H groups in total. The maximum absolute atomic E-state index is 13.8. The molecular weight excluding hydrogens is 436 g/mol. The maximum atomic E-state index is 13.8. The van der Waals surface area contributed by atoms with E-state index < -0.39 is 10.0 Å². The van der Waals surface area contributed by atoms with Crippen LogP contribution in [0.25, 0.3) is 10.9 Å². The van der Waals surface area contributed by atoms with Crippen LogP contribution >= 0.6 is 0 Å². The lowest BCUT2D eigenvalue weighted by atomic mass is 10.0. The van der Waals surface area contributed by atoms with Gasteiger partial charge in [-0.05, 0) is 73.6 Å². The van der Waals surface area contributed by atoms with E-state index in [1.807, 2.05) is 31.6 Å². The molecule has 1 aliphatic heterocycles. The van der Waals surface area contributed by atoms with Crippen molar-refractivity contribution in [2.75, 3.05) is 24.1 Å². The van der Waals surface area contributed by atoms with Crippen molar-refractivity contribution in [3.63, 3.8) is 0 Å². The lowest BCUT2D eigenvalue weighted by Crippen LogP contribution is -2.34. The predicted molar refractivity (Wildman–Crippen MR) is 129 cm³/mol. The first kappa shape index (κ1) is 23.3. The average Bonchev–Trinajstić information content (AvgIpc) is 3.19. The van der Waals surface area contributed by atoms with Crippen LogP contribution in [-0.2, 0) is 21.3 Å². The van der Waals surface area contributed by atoms with E-state index in [0.717, 1.165) is 49.1 Å². The zero-order valence-electron chi connectivity index (χ0n) is 19.4. The zero-order valence-corrected chi connectivity index (χ0v) is 20.2. The third-order valence-corrected chi connectivity index (χ3v) is 7.80. The molecule has 3 aromatic rings. The zero-order chi connectivity index (χ0) is 23.6. The molecule has 2 aromatic carbocycles. The molecule has 174 valence electrons. The quantitative estimate of drug-likeness (QED) is 0.512. The molecule has 33 heavy (non-hydrogen) atoms. The summed E-state index contributed by atoms with van der Waals surface area (Å²) in [6, 6.07) is 12.3. The summed E-state index contributed by atoms with van der Waals surface area (Å²) in [5, 5.41) is 14.6. The fraction of sp³-hybridized carbons (Fsp3) is 0.440. The predicted octanol–water partition coefficient (Wildman–Crippen LogP) is 4.49. The Morgan fingerprint density at radius 2 is 1.97 bits per heavy atom. The molecule has 0 bridgehead atoms. The van der Waals surface area contributed by atoms with Gasteiger partial charge in [-0.15, -0.1) is 0 Å². The van der Waals surface area contributed by atoms with Crippen molar-refractivity contribution in [2.45, 2.75) is 45.1 Å². The molecule has 0 saturated carbocycles. The van der Waals surface area contributed by atoms with Crippen LogP contribution in [0.15, 0.2) is 47.5 Å². The second-order valence-electron chi connectivity index (χ2n) is 9.17. The summed E-state index contributed by atoms with van der Waals surface area (Å²) in [6.45, 7) is 8.54. The number of nitrogens with zero attached hydrogens (tertiary/aromatic N) is 4. The normalized spacial score (nSPS) is 15.1. The Labute approximate surface area is 195 Å². The van der Waals surface area contributed by atoms with Crippen molar-refractivity contribution in [1.82, 2.24) is 9.78 Å². The first-order valence-corrected chi connectivity index (χ1v) is 12.8. The van der Waals surface area contributed by atoms with Crippen LogP contribution in [-0.4, -0.2) is 38.0 Å². The Morgan fingerprint density at radius 3 is 2.64 bits per heavy atom. The molecule has 4 rings (SSSR count). The number of ether oxygens (including phenoxy) is 1. The molecule has 0 atom stereocenters. The van der Waals surface area contributed by atoms with Gasteiger partial charge in [0.05, 0.1) is 27.7 Å². The van der Waals surface area contributed by atoms with Crippen LogP contribution in [0.3, 0.4) is 0 Å². The molecule has 1 aliphatic rings. The van der Waals surface area contributed by atoms with Gasteiger partial charge in [0.1, 0.15) is 0 Å². The minimum absolute atomic E-state index is 0.126. The number of anilines is 1. The summed E-state index contributed by atoms with van der Waals surface area (Å²) in [6.07, 6.45) is 3.97. The van der Waals surface area contributed by atoms with Crippen LogP contribution < -0.4 is 4.31 Å².